The fraction of sp³-hybridized carbons (Fsp3) is 0.130. The summed E-state index contributed by atoms with van der Waals surface area (Å²) in [4.78, 5) is 0.0675. The van der Waals surface area contributed by atoms with Crippen molar-refractivity contribution in [3.8, 4) is 5.75 Å². The monoisotopic (exact) mass is 504 g/mol. The van der Waals surface area contributed by atoms with Crippen molar-refractivity contribution in [1.29, 1.82) is 0 Å². The van der Waals surface area contributed by atoms with E-state index in [0.29, 0.717) is 17.9 Å². The van der Waals surface area contributed by atoms with Gasteiger partial charge in [-0.2, -0.15) is 0 Å². The number of nitrogens with one attached hydrogen (secondary N) is 1. The van der Waals surface area contributed by atoms with E-state index in [-0.39, 0.29) is 16.2 Å². The van der Waals surface area contributed by atoms with Gasteiger partial charge in [-0.3, -0.25) is 0 Å². The molecule has 0 aliphatic carbocycles. The average molecular weight is 505 g/mol. The molecule has 10 heteroatoms. The summed E-state index contributed by atoms with van der Waals surface area (Å²) in [6, 6.07) is 22.0. The zero-order valence-corrected chi connectivity index (χ0v) is 20.3. The van der Waals surface area contributed by atoms with Gasteiger partial charge >= 0.3 is 0 Å². The predicted octanol–water partition coefficient (Wildman–Crippen LogP) is 4.02. The molecule has 3 aromatic carbocycles. The maximum atomic E-state index is 13.5. The summed E-state index contributed by atoms with van der Waals surface area (Å²) in [5, 5.41) is 0. The van der Waals surface area contributed by atoms with Crippen LogP contribution >= 0.6 is 12.1 Å². The van der Waals surface area contributed by atoms with Crippen LogP contribution in [0, 0.1) is 0 Å². The normalized spacial score (nSPS) is 12.9. The number of benzene rings is 3. The van der Waals surface area contributed by atoms with Gasteiger partial charge in [0.1, 0.15) is 5.75 Å². The Kier molecular flexibility index (Phi) is 8.33. The standard InChI is InChI=1S/C23H24N2O5S3/c1-3-20(18-19-14-16-21(30-2)17-15-19)25(33(28,29)23-12-8-5-9-13-23)31-24-32(26,27)22-10-6-4-7-11-22/h3-17,20,24H,1,18H2,2H3/t20-/m1/s1. The molecule has 0 bridgehead atoms. The van der Waals surface area contributed by atoms with Gasteiger partial charge in [0.15, 0.2) is 0 Å². The summed E-state index contributed by atoms with van der Waals surface area (Å²) in [6.07, 6.45) is 1.76. The molecule has 0 radical (unpaired) electrons. The molecule has 3 rings (SSSR count). The van der Waals surface area contributed by atoms with Crippen molar-refractivity contribution in [2.75, 3.05) is 7.11 Å². The van der Waals surface area contributed by atoms with Crippen LogP contribution < -0.4 is 8.86 Å². The number of methoxy groups -OCH3 is 1. The molecular formula is C23H24N2O5S3. The lowest BCUT2D eigenvalue weighted by Crippen LogP contribution is -2.38. The first-order chi connectivity index (χ1) is 15.8. The summed E-state index contributed by atoms with van der Waals surface area (Å²) < 4.78 is 61.0. The van der Waals surface area contributed by atoms with Crippen LogP contribution in [0.4, 0.5) is 0 Å². The summed E-state index contributed by atoms with van der Waals surface area (Å²) in [6.45, 7) is 3.80. The van der Waals surface area contributed by atoms with E-state index >= 15 is 0 Å². The van der Waals surface area contributed by atoms with Crippen LogP contribution in [-0.2, 0) is 26.5 Å². The molecular weight excluding hydrogens is 480 g/mol. The number of hydrogen-bond acceptors (Lipinski definition) is 6. The van der Waals surface area contributed by atoms with Crippen molar-refractivity contribution in [3.05, 3.63) is 103 Å². The predicted molar refractivity (Wildman–Crippen MR) is 131 cm³/mol. The molecule has 0 saturated carbocycles. The Morgan fingerprint density at radius 1 is 0.909 bits per heavy atom. The van der Waals surface area contributed by atoms with Crippen LogP contribution in [0.15, 0.2) is 107 Å². The van der Waals surface area contributed by atoms with Crippen LogP contribution in [0.5, 0.6) is 5.75 Å². The zero-order valence-electron chi connectivity index (χ0n) is 17.9. The molecule has 0 spiro atoms. The van der Waals surface area contributed by atoms with E-state index in [9.17, 15) is 16.8 Å². The highest BCUT2D eigenvalue weighted by Crippen LogP contribution is 2.28. The summed E-state index contributed by atoms with van der Waals surface area (Å²) in [5.74, 6) is 0.674. The molecule has 0 saturated heterocycles. The van der Waals surface area contributed by atoms with Crippen LogP contribution in [0.25, 0.3) is 0 Å². The van der Waals surface area contributed by atoms with Crippen LogP contribution in [0.3, 0.4) is 0 Å². The van der Waals surface area contributed by atoms with Gasteiger partial charge in [-0.15, -0.1) is 14.4 Å². The molecule has 7 nitrogen and oxygen atoms in total. The van der Waals surface area contributed by atoms with Crippen molar-refractivity contribution in [3.63, 3.8) is 0 Å². The summed E-state index contributed by atoms with van der Waals surface area (Å²) in [5.41, 5.74) is 0.834. The molecule has 3 aromatic rings. The third kappa shape index (κ3) is 6.24. The second-order valence-corrected chi connectivity index (χ2v) is 11.7. The summed E-state index contributed by atoms with van der Waals surface area (Å²) in [7, 11) is -6.48. The Hall–Kier alpha value is -2.63. The minimum absolute atomic E-state index is 0.0277. The molecule has 0 fully saturated rings. The summed E-state index contributed by atoms with van der Waals surface area (Å²) >= 11 is 0.496. The van der Waals surface area contributed by atoms with Gasteiger partial charge in [0.25, 0.3) is 20.0 Å². The maximum absolute atomic E-state index is 13.5. The van der Waals surface area contributed by atoms with E-state index in [2.05, 4.69) is 10.7 Å². The molecule has 0 amide bonds. The molecule has 0 aliphatic rings. The Labute approximate surface area is 199 Å². The smallest absolute Gasteiger partial charge is 0.253 e. The first kappa shape index (κ1) is 25.0. The van der Waals surface area contributed by atoms with Gasteiger partial charge in [-0.05, 0) is 48.4 Å². The molecule has 0 unspecified atom stereocenters. The van der Waals surface area contributed by atoms with Gasteiger partial charge < -0.3 is 4.74 Å². The Morgan fingerprint density at radius 3 is 1.97 bits per heavy atom. The van der Waals surface area contributed by atoms with Gasteiger partial charge in [0.05, 0.1) is 22.9 Å². The minimum Gasteiger partial charge on any atom is -0.497 e. The first-order valence-electron chi connectivity index (χ1n) is 9.87. The second-order valence-electron chi connectivity index (χ2n) is 6.92. The van der Waals surface area contributed by atoms with E-state index in [1.807, 2.05) is 12.1 Å². The number of nitrogens with zero attached hydrogens (tertiary/aromatic N) is 1. The molecule has 0 aromatic heterocycles. The Morgan fingerprint density at radius 2 is 1.45 bits per heavy atom. The van der Waals surface area contributed by atoms with Gasteiger partial charge in [0.2, 0.25) is 0 Å². The van der Waals surface area contributed by atoms with Crippen molar-refractivity contribution in [1.82, 2.24) is 7.84 Å². The molecule has 1 N–H and O–H groups in total. The quantitative estimate of drug-likeness (QED) is 0.313. The molecule has 174 valence electrons. The third-order valence-electron chi connectivity index (χ3n) is 4.72. The van der Waals surface area contributed by atoms with Crippen molar-refractivity contribution < 1.29 is 21.6 Å². The number of ether oxygens (including phenoxy) is 1. The largest absolute Gasteiger partial charge is 0.497 e. The fourth-order valence-electron chi connectivity index (χ4n) is 2.97. The third-order valence-corrected chi connectivity index (χ3v) is 9.66. The minimum atomic E-state index is -4.08. The van der Waals surface area contributed by atoms with E-state index in [0.717, 1.165) is 9.27 Å². The zero-order chi connectivity index (χ0) is 23.9. The topological polar surface area (TPSA) is 92.8 Å². The van der Waals surface area contributed by atoms with Crippen LogP contribution in [0.2, 0.25) is 0 Å². The maximum Gasteiger partial charge on any atom is 0.253 e. The van der Waals surface area contributed by atoms with E-state index in [1.54, 1.807) is 55.6 Å². The molecule has 0 heterocycles. The highest BCUT2D eigenvalue weighted by atomic mass is 32.3. The van der Waals surface area contributed by atoms with Crippen LogP contribution in [0.1, 0.15) is 5.56 Å². The molecule has 1 atom stereocenters. The van der Waals surface area contributed by atoms with E-state index in [1.165, 1.54) is 30.3 Å². The Bertz CT molecular complexity index is 1260. The van der Waals surface area contributed by atoms with Crippen molar-refractivity contribution in [2.45, 2.75) is 22.3 Å². The lowest BCUT2D eigenvalue weighted by Gasteiger charge is -2.27. The van der Waals surface area contributed by atoms with Crippen LogP contribution in [-0.4, -0.2) is 33.7 Å². The van der Waals surface area contributed by atoms with E-state index in [4.69, 9.17) is 4.74 Å². The first-order valence-corrected chi connectivity index (χ1v) is 13.6. The fourth-order valence-corrected chi connectivity index (χ4v) is 7.01. The van der Waals surface area contributed by atoms with Crippen molar-refractivity contribution >= 4 is 32.2 Å². The lowest BCUT2D eigenvalue weighted by atomic mass is 10.1. The SMILES string of the molecule is C=C[C@H](Cc1ccc(OC)cc1)N(SNS(=O)(=O)c1ccccc1)S(=O)(=O)c1ccccc1. The second kappa shape index (κ2) is 11.0. The highest BCUT2D eigenvalue weighted by molar-refractivity contribution is 8.13. The number of hydrogen-bond donors (Lipinski definition) is 1. The lowest BCUT2D eigenvalue weighted by molar-refractivity contribution is 0.414. The highest BCUT2D eigenvalue weighted by Gasteiger charge is 2.33. The molecule has 33 heavy (non-hydrogen) atoms. The number of rotatable bonds is 11. The van der Waals surface area contributed by atoms with Gasteiger partial charge in [0, 0.05) is 12.1 Å². The average Bonchev–Trinajstić information content (AvgIpc) is 2.84. The van der Waals surface area contributed by atoms with Gasteiger partial charge in [-0.25, -0.2) is 16.8 Å². The Balaban J connectivity index is 1.94. The van der Waals surface area contributed by atoms with Gasteiger partial charge in [-0.1, -0.05) is 54.6 Å². The number of sulfonamides is 2. The van der Waals surface area contributed by atoms with Crippen molar-refractivity contribution in [2.24, 2.45) is 0 Å². The van der Waals surface area contributed by atoms with E-state index < -0.39 is 26.1 Å². The molecule has 0 aliphatic heterocycles.